The number of oxime groups is 1. The predicted octanol–water partition coefficient (Wildman–Crippen LogP) is 4.39. The number of nitrogens with one attached hydrogen (secondary N) is 1. The smallest absolute Gasteiger partial charge is 0.413 e. The van der Waals surface area contributed by atoms with Gasteiger partial charge in [0.1, 0.15) is 11.6 Å². The Hall–Kier alpha value is -3.35. The molecule has 3 N–H and O–H groups in total. The van der Waals surface area contributed by atoms with Crippen molar-refractivity contribution in [3.8, 4) is 5.75 Å². The van der Waals surface area contributed by atoms with Crippen LogP contribution in [0.1, 0.15) is 45.1 Å². The van der Waals surface area contributed by atoms with Gasteiger partial charge in [-0.05, 0) is 55.6 Å². The fourth-order valence-electron chi connectivity index (χ4n) is 5.12. The second-order valence-electron chi connectivity index (χ2n) is 10.7. The molecule has 0 unspecified atom stereocenters. The number of fused-ring (bicyclic) bond motifs is 1. The molecule has 218 valence electrons. The summed E-state index contributed by atoms with van der Waals surface area (Å²) < 4.78 is 44.6. The number of amides is 1. The molecular formula is C28H37N3O8S. The van der Waals surface area contributed by atoms with Gasteiger partial charge in [0.05, 0.1) is 23.7 Å². The van der Waals surface area contributed by atoms with E-state index in [9.17, 15) is 18.3 Å². The van der Waals surface area contributed by atoms with Gasteiger partial charge in [-0.1, -0.05) is 44.2 Å². The molecule has 0 spiro atoms. The first-order valence-corrected chi connectivity index (χ1v) is 15.0. The molecule has 2 aromatic heterocycles. The van der Waals surface area contributed by atoms with Crippen LogP contribution in [0.15, 0.2) is 62.9 Å². The zero-order valence-electron chi connectivity index (χ0n) is 22.7. The van der Waals surface area contributed by atoms with E-state index in [4.69, 9.17) is 18.8 Å². The summed E-state index contributed by atoms with van der Waals surface area (Å²) in [6, 6.07) is 10.1. The summed E-state index contributed by atoms with van der Waals surface area (Å²) in [5.41, 5.74) is 0.856. The number of carbonyl (C=O) groups excluding carboxylic acids is 1. The summed E-state index contributed by atoms with van der Waals surface area (Å²) in [6.07, 6.45) is 4.43. The Morgan fingerprint density at radius 3 is 2.55 bits per heavy atom. The Morgan fingerprint density at radius 2 is 1.88 bits per heavy atom. The lowest BCUT2D eigenvalue weighted by molar-refractivity contribution is 0.0987. The highest BCUT2D eigenvalue weighted by atomic mass is 32.2. The molecule has 1 aromatic carbocycles. The molecule has 0 bridgehead atoms. The maximum atomic E-state index is 13.7. The standard InChI is InChI=1S/C28H37N3O8S/c1-19(2)16-31(40(35,36)22-10-8-21(9-11-22)15-29-34)17-25(32)24(14-20-6-4-3-5-7-20)30-28(33)39-26-18-38-27-23(26)12-13-37-27/h3-7,12-13,15,18-19,21-22,24-25,32,34H,8-11,14,16-17H2,1-2H3,(H,30,33)/b29-15+/t21?,22?,24-,25+/m0/s1. The van der Waals surface area contributed by atoms with E-state index in [0.717, 1.165) is 5.56 Å². The van der Waals surface area contributed by atoms with Gasteiger partial charge < -0.3 is 29.2 Å². The van der Waals surface area contributed by atoms with Crippen LogP contribution in [0.4, 0.5) is 4.79 Å². The molecule has 12 heteroatoms. The minimum absolute atomic E-state index is 0.0174. The van der Waals surface area contributed by atoms with Crippen molar-refractivity contribution in [1.29, 1.82) is 0 Å². The van der Waals surface area contributed by atoms with E-state index in [1.165, 1.54) is 23.0 Å². The van der Waals surface area contributed by atoms with E-state index in [-0.39, 0.29) is 42.9 Å². The van der Waals surface area contributed by atoms with Crippen molar-refractivity contribution in [3.05, 3.63) is 54.5 Å². The van der Waals surface area contributed by atoms with Crippen LogP contribution >= 0.6 is 0 Å². The van der Waals surface area contributed by atoms with Crippen LogP contribution in [-0.4, -0.2) is 65.8 Å². The fraction of sp³-hybridized carbons (Fsp3) is 0.500. The van der Waals surface area contributed by atoms with Gasteiger partial charge in [0, 0.05) is 19.3 Å². The average Bonchev–Trinajstić information content (AvgIpc) is 3.54. The molecule has 4 rings (SSSR count). The maximum absolute atomic E-state index is 13.7. The van der Waals surface area contributed by atoms with Crippen molar-refractivity contribution >= 4 is 33.5 Å². The van der Waals surface area contributed by atoms with Crippen LogP contribution in [0.5, 0.6) is 5.75 Å². The lowest BCUT2D eigenvalue weighted by atomic mass is 9.90. The van der Waals surface area contributed by atoms with Crippen molar-refractivity contribution in [2.24, 2.45) is 17.0 Å². The fourth-order valence-corrected chi connectivity index (χ4v) is 7.27. The number of furan rings is 2. The lowest BCUT2D eigenvalue weighted by Gasteiger charge is -2.34. The summed E-state index contributed by atoms with van der Waals surface area (Å²) in [5.74, 6) is 0.448. The van der Waals surface area contributed by atoms with E-state index < -0.39 is 33.5 Å². The Morgan fingerprint density at radius 1 is 1.15 bits per heavy atom. The summed E-state index contributed by atoms with van der Waals surface area (Å²) >= 11 is 0. The van der Waals surface area contributed by atoms with Crippen molar-refractivity contribution in [2.75, 3.05) is 13.1 Å². The van der Waals surface area contributed by atoms with Gasteiger partial charge in [0.15, 0.2) is 5.75 Å². The molecule has 0 radical (unpaired) electrons. The van der Waals surface area contributed by atoms with Gasteiger partial charge in [-0.15, -0.1) is 5.16 Å². The van der Waals surface area contributed by atoms with Gasteiger partial charge in [-0.25, -0.2) is 13.2 Å². The SMILES string of the molecule is CC(C)CN(C[C@@H](O)[C@H](Cc1ccccc1)NC(=O)Oc1coc2occc12)S(=O)(=O)C1CCC(/C=N/O)CC1. The number of aliphatic hydroxyl groups excluding tert-OH is 1. The van der Waals surface area contributed by atoms with E-state index in [2.05, 4.69) is 10.5 Å². The van der Waals surface area contributed by atoms with E-state index in [1.54, 1.807) is 6.07 Å². The number of rotatable bonds is 12. The zero-order chi connectivity index (χ0) is 28.7. The predicted molar refractivity (Wildman–Crippen MR) is 149 cm³/mol. The highest BCUT2D eigenvalue weighted by Crippen LogP contribution is 2.31. The molecule has 1 aliphatic carbocycles. The number of hydrogen-bond acceptors (Lipinski definition) is 9. The third kappa shape index (κ3) is 7.43. The number of hydrogen-bond donors (Lipinski definition) is 3. The summed E-state index contributed by atoms with van der Waals surface area (Å²) in [6.45, 7) is 3.88. The highest BCUT2D eigenvalue weighted by molar-refractivity contribution is 7.89. The summed E-state index contributed by atoms with van der Waals surface area (Å²) in [7, 11) is -3.75. The Balaban J connectivity index is 1.50. The Kier molecular flexibility index (Phi) is 9.88. The van der Waals surface area contributed by atoms with Crippen LogP contribution in [0, 0.1) is 11.8 Å². The maximum Gasteiger partial charge on any atom is 0.413 e. The van der Waals surface area contributed by atoms with Crippen LogP contribution in [0.25, 0.3) is 11.2 Å². The monoisotopic (exact) mass is 575 g/mol. The molecule has 2 heterocycles. The summed E-state index contributed by atoms with van der Waals surface area (Å²) in [5, 5.41) is 25.9. The van der Waals surface area contributed by atoms with Crippen LogP contribution in [0.2, 0.25) is 0 Å². The minimum atomic E-state index is -3.75. The van der Waals surface area contributed by atoms with Gasteiger partial charge in [-0.2, -0.15) is 4.31 Å². The normalized spacial score (nSPS) is 19.8. The van der Waals surface area contributed by atoms with E-state index in [0.29, 0.717) is 31.1 Å². The largest absolute Gasteiger partial charge is 0.433 e. The first kappa shape index (κ1) is 29.6. The van der Waals surface area contributed by atoms with Crippen molar-refractivity contribution in [2.45, 2.75) is 63.3 Å². The first-order chi connectivity index (χ1) is 19.2. The number of nitrogens with zero attached hydrogens (tertiary/aromatic N) is 2. The van der Waals surface area contributed by atoms with Crippen LogP contribution < -0.4 is 10.1 Å². The molecule has 40 heavy (non-hydrogen) atoms. The van der Waals surface area contributed by atoms with Gasteiger partial charge >= 0.3 is 11.9 Å². The molecule has 2 atom stereocenters. The molecule has 1 aliphatic rings. The minimum Gasteiger partial charge on any atom is -0.433 e. The molecule has 3 aromatic rings. The van der Waals surface area contributed by atoms with Gasteiger partial charge in [-0.3, -0.25) is 0 Å². The Labute approximate surface area is 233 Å². The highest BCUT2D eigenvalue weighted by Gasteiger charge is 2.37. The van der Waals surface area contributed by atoms with Crippen LogP contribution in [0.3, 0.4) is 0 Å². The number of benzene rings is 1. The molecule has 0 saturated heterocycles. The van der Waals surface area contributed by atoms with Gasteiger partial charge in [0.25, 0.3) is 0 Å². The second-order valence-corrected chi connectivity index (χ2v) is 12.9. The lowest BCUT2D eigenvalue weighted by Crippen LogP contribution is -2.53. The first-order valence-electron chi connectivity index (χ1n) is 13.5. The zero-order valence-corrected chi connectivity index (χ0v) is 23.5. The summed E-state index contributed by atoms with van der Waals surface area (Å²) in [4.78, 5) is 12.9. The third-order valence-electron chi connectivity index (χ3n) is 7.17. The molecule has 1 fully saturated rings. The molecule has 1 saturated carbocycles. The number of ether oxygens (including phenoxy) is 1. The van der Waals surface area contributed by atoms with Gasteiger partial charge in [0.2, 0.25) is 10.0 Å². The van der Waals surface area contributed by atoms with E-state index in [1.807, 2.05) is 44.2 Å². The third-order valence-corrected chi connectivity index (χ3v) is 9.51. The number of sulfonamides is 1. The number of carbonyl (C=O) groups is 1. The van der Waals surface area contributed by atoms with Crippen molar-refractivity contribution in [1.82, 2.24) is 9.62 Å². The molecule has 1 amide bonds. The second kappa shape index (κ2) is 13.3. The number of aliphatic hydroxyl groups is 1. The molecule has 0 aliphatic heterocycles. The van der Waals surface area contributed by atoms with E-state index >= 15 is 0 Å². The quantitative estimate of drug-likeness (QED) is 0.163. The average molecular weight is 576 g/mol. The Bertz CT molecular complexity index is 1360. The van der Waals surface area contributed by atoms with Crippen LogP contribution in [-0.2, 0) is 16.4 Å². The van der Waals surface area contributed by atoms with Crippen molar-refractivity contribution < 1.29 is 37.1 Å². The topological polar surface area (TPSA) is 155 Å². The molecular weight excluding hydrogens is 538 g/mol. The van der Waals surface area contributed by atoms with Crippen molar-refractivity contribution in [3.63, 3.8) is 0 Å². The molecule has 11 nitrogen and oxygen atoms in total.